The molecule has 19 heavy (non-hydrogen) atoms. The first-order chi connectivity index (χ1) is 9.06. The predicted octanol–water partition coefficient (Wildman–Crippen LogP) is 2.87. The lowest BCUT2D eigenvalue weighted by molar-refractivity contribution is -0.556. The third-order valence-corrected chi connectivity index (χ3v) is 4.04. The highest BCUT2D eigenvalue weighted by Gasteiger charge is 2.60. The van der Waals surface area contributed by atoms with E-state index in [1.807, 2.05) is 0 Å². The predicted molar refractivity (Wildman–Crippen MR) is 66.5 cm³/mol. The third kappa shape index (κ3) is 1.54. The lowest BCUT2D eigenvalue weighted by atomic mass is 9.89. The summed E-state index contributed by atoms with van der Waals surface area (Å²) in [5.74, 6) is 0. The van der Waals surface area contributed by atoms with Crippen molar-refractivity contribution in [2.75, 3.05) is 5.06 Å². The van der Waals surface area contributed by atoms with Crippen LogP contribution in [0.1, 0.15) is 32.1 Å². The Balaban J connectivity index is 2.08. The van der Waals surface area contributed by atoms with Crippen LogP contribution in [-0.2, 0) is 0 Å². The van der Waals surface area contributed by atoms with Crippen molar-refractivity contribution in [3.8, 4) is 0 Å². The molecule has 1 aliphatic carbocycles. The van der Waals surface area contributed by atoms with E-state index < -0.39 is 10.6 Å². The number of hydrogen-bond donors (Lipinski definition) is 1. The highest BCUT2D eigenvalue weighted by Crippen LogP contribution is 2.49. The zero-order valence-electron chi connectivity index (χ0n) is 10.3. The van der Waals surface area contributed by atoms with Gasteiger partial charge in [0, 0.05) is 35.9 Å². The summed E-state index contributed by atoms with van der Waals surface area (Å²) in [6.45, 7) is 0. The Hall–Kier alpha value is -2.02. The van der Waals surface area contributed by atoms with Gasteiger partial charge in [0.05, 0.1) is 9.68 Å². The number of hydrogen-bond acceptors (Lipinski definition) is 5. The number of fused-ring (bicyclic) bond motifs is 1. The number of nitrogens with zero attached hydrogens (tertiary/aromatic N) is 3. The van der Waals surface area contributed by atoms with Crippen LogP contribution in [0.2, 0.25) is 0 Å². The molecule has 1 fully saturated rings. The van der Waals surface area contributed by atoms with Crippen LogP contribution < -0.4 is 5.06 Å². The van der Waals surface area contributed by atoms with Gasteiger partial charge in [0.15, 0.2) is 5.69 Å². The molecule has 0 amide bonds. The fraction of sp³-hybridized carbons (Fsp3) is 0.500. The van der Waals surface area contributed by atoms with Gasteiger partial charge in [-0.15, -0.1) is 0 Å². The van der Waals surface area contributed by atoms with E-state index in [0.717, 1.165) is 29.1 Å². The minimum Gasteiger partial charge on any atom is -0.282 e. The van der Waals surface area contributed by atoms with Crippen molar-refractivity contribution in [3.63, 3.8) is 0 Å². The number of rotatable bonds is 1. The molecule has 1 N–H and O–H groups in total. The minimum atomic E-state index is -0.976. The molecule has 0 radical (unpaired) electrons. The Morgan fingerprint density at radius 2 is 2.00 bits per heavy atom. The standard InChI is InChI=1S/C12H14N3O4/c16-13-10-5-4-9(15(18)19)8-11(10)14(17)12(13)6-2-1-3-7-12/h4-5,8,17H,1-3,6-7H2/q+1. The van der Waals surface area contributed by atoms with Crippen molar-refractivity contribution in [2.24, 2.45) is 0 Å². The van der Waals surface area contributed by atoms with Crippen molar-refractivity contribution in [1.82, 2.24) is 0 Å². The molecular weight excluding hydrogens is 250 g/mol. The highest BCUT2D eigenvalue weighted by molar-refractivity contribution is 5.69. The van der Waals surface area contributed by atoms with Crippen LogP contribution in [0, 0.1) is 15.0 Å². The molecule has 0 aromatic heterocycles. The smallest absolute Gasteiger partial charge is 0.282 e. The number of hydroxylamine groups is 1. The second-order valence-corrected chi connectivity index (χ2v) is 5.08. The number of anilines is 1. The van der Waals surface area contributed by atoms with E-state index in [9.17, 15) is 20.2 Å². The van der Waals surface area contributed by atoms with E-state index in [1.165, 1.54) is 18.2 Å². The molecule has 2 aliphatic rings. The van der Waals surface area contributed by atoms with Gasteiger partial charge in [0.2, 0.25) is 0 Å². The number of nitro benzene ring substituents is 1. The van der Waals surface area contributed by atoms with Crippen LogP contribution in [-0.4, -0.2) is 20.6 Å². The SMILES string of the molecule is O=[N+]([O-])c1ccc2c(c1)N(O)C1(CCCCC1)[N+]2=O. The molecule has 0 saturated heterocycles. The molecule has 1 aliphatic heterocycles. The lowest BCUT2D eigenvalue weighted by Gasteiger charge is -2.29. The van der Waals surface area contributed by atoms with Crippen molar-refractivity contribution < 1.29 is 14.9 Å². The molecule has 7 nitrogen and oxygen atoms in total. The number of non-ortho nitro benzene ring substituents is 1. The zero-order chi connectivity index (χ0) is 13.6. The van der Waals surface area contributed by atoms with E-state index in [-0.39, 0.29) is 11.4 Å². The largest absolute Gasteiger partial charge is 0.313 e. The number of nitro groups is 1. The summed E-state index contributed by atoms with van der Waals surface area (Å²) < 4.78 is 0.811. The van der Waals surface area contributed by atoms with E-state index in [4.69, 9.17) is 0 Å². The average Bonchev–Trinajstić information content (AvgIpc) is 2.63. The fourth-order valence-electron chi connectivity index (χ4n) is 3.03. The van der Waals surface area contributed by atoms with Gasteiger partial charge in [-0.2, -0.15) is 5.06 Å². The van der Waals surface area contributed by atoms with Gasteiger partial charge in [0.1, 0.15) is 0 Å². The Morgan fingerprint density at radius 1 is 1.32 bits per heavy atom. The van der Waals surface area contributed by atoms with Crippen molar-refractivity contribution in [3.05, 3.63) is 33.2 Å². The number of nitroso groups, excluding NO2 is 1. The first kappa shape index (κ1) is 12.0. The van der Waals surface area contributed by atoms with Crippen LogP contribution in [0.4, 0.5) is 17.1 Å². The minimum absolute atomic E-state index is 0.126. The molecule has 1 spiro atoms. The first-order valence-corrected chi connectivity index (χ1v) is 6.31. The van der Waals surface area contributed by atoms with Crippen molar-refractivity contribution in [1.29, 1.82) is 0 Å². The van der Waals surface area contributed by atoms with Crippen LogP contribution in [0.3, 0.4) is 0 Å². The molecule has 0 atom stereocenters. The molecule has 1 aromatic carbocycles. The number of benzene rings is 1. The van der Waals surface area contributed by atoms with E-state index >= 15 is 0 Å². The van der Waals surface area contributed by atoms with Gasteiger partial charge in [-0.1, -0.05) is 6.42 Å². The Kier molecular flexibility index (Phi) is 2.53. The van der Waals surface area contributed by atoms with Gasteiger partial charge in [-0.25, -0.2) is 0 Å². The zero-order valence-corrected chi connectivity index (χ0v) is 10.3. The molecule has 1 aromatic rings. The van der Waals surface area contributed by atoms with E-state index in [2.05, 4.69) is 0 Å². The van der Waals surface area contributed by atoms with E-state index in [0.29, 0.717) is 18.5 Å². The molecule has 1 heterocycles. The normalized spacial score (nSPS) is 20.7. The molecule has 100 valence electrons. The highest BCUT2D eigenvalue weighted by atomic mass is 16.6. The summed E-state index contributed by atoms with van der Waals surface area (Å²) in [6.07, 6.45) is 3.91. The second kappa shape index (κ2) is 3.99. The summed E-state index contributed by atoms with van der Waals surface area (Å²) in [6, 6.07) is 3.95. The molecule has 0 bridgehead atoms. The van der Waals surface area contributed by atoms with Crippen LogP contribution >= 0.6 is 0 Å². The molecule has 3 rings (SSSR count). The van der Waals surface area contributed by atoms with Gasteiger partial charge in [-0.05, 0) is 12.8 Å². The summed E-state index contributed by atoms with van der Waals surface area (Å²) in [7, 11) is 0. The average molecular weight is 264 g/mol. The van der Waals surface area contributed by atoms with Gasteiger partial charge < -0.3 is 0 Å². The monoisotopic (exact) mass is 264 g/mol. The summed E-state index contributed by atoms with van der Waals surface area (Å²) in [5.41, 5.74) is -0.573. The fourth-order valence-corrected chi connectivity index (χ4v) is 3.03. The van der Waals surface area contributed by atoms with Gasteiger partial charge in [0.25, 0.3) is 11.4 Å². The maximum Gasteiger partial charge on any atom is 0.313 e. The Bertz CT molecular complexity index is 566. The van der Waals surface area contributed by atoms with E-state index in [1.54, 1.807) is 0 Å². The molecule has 1 saturated carbocycles. The maximum atomic E-state index is 12.4. The topological polar surface area (TPSA) is 86.7 Å². The summed E-state index contributed by atoms with van der Waals surface area (Å²) in [5, 5.41) is 22.0. The van der Waals surface area contributed by atoms with Crippen LogP contribution in [0.25, 0.3) is 0 Å². The summed E-state index contributed by atoms with van der Waals surface area (Å²) >= 11 is 0. The third-order valence-electron chi connectivity index (χ3n) is 4.04. The van der Waals surface area contributed by atoms with Gasteiger partial charge in [-0.3, -0.25) is 15.3 Å². The maximum absolute atomic E-state index is 12.4. The lowest BCUT2D eigenvalue weighted by Crippen LogP contribution is -2.50. The van der Waals surface area contributed by atoms with Crippen molar-refractivity contribution >= 4 is 17.1 Å². The summed E-state index contributed by atoms with van der Waals surface area (Å²) in [4.78, 5) is 22.6. The van der Waals surface area contributed by atoms with Crippen molar-refractivity contribution in [2.45, 2.75) is 37.8 Å². The Morgan fingerprint density at radius 3 is 2.63 bits per heavy atom. The Labute approximate surface area is 109 Å². The first-order valence-electron chi connectivity index (χ1n) is 6.31. The molecule has 0 unspecified atom stereocenters. The quantitative estimate of drug-likeness (QED) is 0.478. The molecule has 7 heteroatoms. The van der Waals surface area contributed by atoms with Crippen LogP contribution in [0.5, 0.6) is 0 Å². The second-order valence-electron chi connectivity index (χ2n) is 5.08. The van der Waals surface area contributed by atoms with Gasteiger partial charge >= 0.3 is 5.66 Å². The van der Waals surface area contributed by atoms with Crippen LogP contribution in [0.15, 0.2) is 18.2 Å². The molecular formula is C12H14N3O4+.